The van der Waals surface area contributed by atoms with Crippen molar-refractivity contribution < 1.29 is 23.9 Å². The summed E-state index contributed by atoms with van der Waals surface area (Å²) in [5.74, 6) is -0.218. The highest BCUT2D eigenvalue weighted by Gasteiger charge is 2.43. The number of para-hydroxylation sites is 2. The lowest BCUT2D eigenvalue weighted by Gasteiger charge is -2.38. The zero-order valence-electron chi connectivity index (χ0n) is 40.6. The molecule has 8 unspecified atom stereocenters. The van der Waals surface area contributed by atoms with Crippen LogP contribution in [0.15, 0.2) is 60.9 Å². The van der Waals surface area contributed by atoms with Crippen LogP contribution in [0.1, 0.15) is 133 Å². The molecule has 0 bridgehead atoms. The van der Waals surface area contributed by atoms with Gasteiger partial charge in [0.25, 0.3) is 0 Å². The van der Waals surface area contributed by atoms with Crippen molar-refractivity contribution in [3.63, 3.8) is 0 Å². The van der Waals surface area contributed by atoms with Gasteiger partial charge in [-0.2, -0.15) is 0 Å². The molecule has 4 aromatic rings. The van der Waals surface area contributed by atoms with Crippen LogP contribution in [0.3, 0.4) is 0 Å². The van der Waals surface area contributed by atoms with Crippen molar-refractivity contribution in [1.29, 1.82) is 0 Å². The topological polar surface area (TPSA) is 162 Å². The fraction of sp³-hybridized carbons (Fsp3) is 0.630. The van der Waals surface area contributed by atoms with Crippen molar-refractivity contribution >= 4 is 45.3 Å². The normalized spacial score (nSPS) is 22.4. The molecule has 4 heterocycles. The van der Waals surface area contributed by atoms with E-state index in [2.05, 4.69) is 95.9 Å². The molecule has 2 aliphatic carbocycles. The van der Waals surface area contributed by atoms with Crippen molar-refractivity contribution in [1.82, 2.24) is 41.0 Å². The molecule has 0 radical (unpaired) electrons. The summed E-state index contributed by atoms with van der Waals surface area (Å²) in [4.78, 5) is 62.5. The quantitative estimate of drug-likeness (QED) is 0.0485. The van der Waals surface area contributed by atoms with Crippen LogP contribution in [0, 0.1) is 11.8 Å². The number of fused-ring (bicyclic) bond motifs is 2. The Balaban J connectivity index is 1.01. The van der Waals surface area contributed by atoms with E-state index in [-0.39, 0.29) is 59.4 Å². The number of ether oxygens (including phenoxy) is 1. The number of hydrogen-bond acceptors (Lipinski definition) is 8. The van der Waals surface area contributed by atoms with E-state index in [1.807, 2.05) is 19.9 Å². The largest absolute Gasteiger partial charge is 0.380 e. The fourth-order valence-electron chi connectivity index (χ4n) is 12.1. The zero-order valence-corrected chi connectivity index (χ0v) is 40.6. The lowest BCUT2D eigenvalue weighted by molar-refractivity contribution is -0.140. The van der Waals surface area contributed by atoms with Crippen LogP contribution in [0.2, 0.25) is 0 Å². The SMILES string of the molecule is CNC(C)C(=O)NC(C(=O)C(c1cn(CCOCCC(c2c[nH]c3ccccc23)C2CCCN2C(=O)C(NC(=O)C(C)NC)C2CCCCC2)c2ccccc12)C1CCCN1)C1CCCCC1. The van der Waals surface area contributed by atoms with Crippen LogP contribution in [0.25, 0.3) is 21.8 Å². The maximum atomic E-state index is 15.2. The first-order valence-electron chi connectivity index (χ1n) is 25.9. The standard InChI is InChI=1S/C54H78N8O5/c1-35(55-3)52(64)59-49(37-17-7-5-8-18-37)51(63)48(45-24-15-28-57-45)43-34-61(46-25-14-12-22-40(43)46)30-32-67-31-27-41(42-33-58-44-23-13-11-21-39(42)44)47-26-16-29-62(47)54(66)50(38-19-9-6-10-20-38)60-53(65)36(2)56-4/h11-14,21-23,25,33-38,41,45,47-50,55-58H,5-10,15-20,24,26-32H2,1-4H3,(H,59,64)(H,60,65). The minimum absolute atomic E-state index is 0.0117. The van der Waals surface area contributed by atoms with E-state index in [4.69, 9.17) is 4.74 Å². The Morgan fingerprint density at radius 3 is 2.03 bits per heavy atom. The smallest absolute Gasteiger partial charge is 0.245 e. The minimum atomic E-state index is -0.545. The first-order valence-corrected chi connectivity index (χ1v) is 25.9. The molecule has 13 heteroatoms. The second kappa shape index (κ2) is 23.2. The molecule has 364 valence electrons. The molecule has 0 spiro atoms. The molecule has 2 aromatic carbocycles. The van der Waals surface area contributed by atoms with E-state index in [0.29, 0.717) is 26.3 Å². The lowest BCUT2D eigenvalue weighted by Crippen LogP contribution is -2.57. The van der Waals surface area contributed by atoms with E-state index in [1.54, 1.807) is 14.1 Å². The second-order valence-electron chi connectivity index (χ2n) is 20.2. The minimum Gasteiger partial charge on any atom is -0.380 e. The van der Waals surface area contributed by atoms with Crippen molar-refractivity contribution in [2.24, 2.45) is 11.8 Å². The molecule has 8 rings (SSSR count). The number of H-pyrrole nitrogens is 1. The number of benzene rings is 2. The molecular weight excluding hydrogens is 841 g/mol. The number of hydrogen-bond donors (Lipinski definition) is 6. The number of carbonyl (C=O) groups is 4. The Bertz CT molecular complexity index is 2270. The first kappa shape index (κ1) is 48.9. The van der Waals surface area contributed by atoms with Crippen LogP contribution in [-0.4, -0.2) is 115 Å². The van der Waals surface area contributed by atoms with Gasteiger partial charge in [-0.1, -0.05) is 74.9 Å². The summed E-state index contributed by atoms with van der Waals surface area (Å²) in [7, 11) is 3.56. The van der Waals surface area contributed by atoms with Crippen LogP contribution in [0.4, 0.5) is 0 Å². The predicted molar refractivity (Wildman–Crippen MR) is 266 cm³/mol. The van der Waals surface area contributed by atoms with E-state index in [1.165, 1.54) is 23.8 Å². The van der Waals surface area contributed by atoms with Gasteiger partial charge in [-0.05, 0) is 127 Å². The molecule has 13 nitrogen and oxygen atoms in total. The van der Waals surface area contributed by atoms with Crippen molar-refractivity contribution in [2.75, 3.05) is 40.4 Å². The highest BCUT2D eigenvalue weighted by molar-refractivity contribution is 5.99. The van der Waals surface area contributed by atoms with Gasteiger partial charge in [0.2, 0.25) is 17.7 Å². The maximum Gasteiger partial charge on any atom is 0.245 e. The highest BCUT2D eigenvalue weighted by Crippen LogP contribution is 2.40. The molecule has 67 heavy (non-hydrogen) atoms. The molecule has 2 saturated carbocycles. The third kappa shape index (κ3) is 11.2. The molecule has 4 fully saturated rings. The third-order valence-corrected chi connectivity index (χ3v) is 16.1. The Morgan fingerprint density at radius 2 is 1.36 bits per heavy atom. The van der Waals surface area contributed by atoms with Crippen LogP contribution in [-0.2, 0) is 30.5 Å². The number of likely N-dealkylation sites (N-methyl/N-ethyl adjacent to an activating group) is 2. The monoisotopic (exact) mass is 919 g/mol. The molecular formula is C54H78N8O5. The number of nitrogens with one attached hydrogen (secondary N) is 6. The highest BCUT2D eigenvalue weighted by atomic mass is 16.5. The molecule has 3 amide bonds. The number of aromatic nitrogens is 2. The van der Waals surface area contributed by atoms with E-state index < -0.39 is 24.0 Å². The number of aromatic amines is 1. The van der Waals surface area contributed by atoms with Crippen molar-refractivity contribution in [3.05, 3.63) is 72.1 Å². The summed E-state index contributed by atoms with van der Waals surface area (Å²) >= 11 is 0. The third-order valence-electron chi connectivity index (χ3n) is 16.1. The number of amides is 3. The van der Waals surface area contributed by atoms with E-state index in [0.717, 1.165) is 112 Å². The van der Waals surface area contributed by atoms with Crippen LogP contribution < -0.4 is 26.6 Å². The van der Waals surface area contributed by atoms with Gasteiger partial charge < -0.3 is 45.8 Å². The van der Waals surface area contributed by atoms with Gasteiger partial charge in [-0.3, -0.25) is 19.2 Å². The average molecular weight is 919 g/mol. The number of carbonyl (C=O) groups excluding carboxylic acids is 4. The summed E-state index contributed by atoms with van der Waals surface area (Å²) in [5.41, 5.74) is 4.36. The van der Waals surface area contributed by atoms with Crippen molar-refractivity contribution in [3.8, 4) is 0 Å². The number of nitrogens with zero attached hydrogens (tertiary/aromatic N) is 2. The number of Topliss-reactive ketones (excluding diaryl/α,β-unsaturated/α-hetero) is 1. The summed E-state index contributed by atoms with van der Waals surface area (Å²) in [6.45, 7) is 6.85. The van der Waals surface area contributed by atoms with Crippen molar-refractivity contribution in [2.45, 2.75) is 165 Å². The molecule has 2 aliphatic heterocycles. The zero-order chi connectivity index (χ0) is 46.9. The molecule has 2 aromatic heterocycles. The Hall–Kier alpha value is -4.56. The number of rotatable bonds is 21. The Labute approximate surface area is 398 Å². The van der Waals surface area contributed by atoms with Gasteiger partial charge in [0.1, 0.15) is 6.04 Å². The van der Waals surface area contributed by atoms with E-state index >= 15 is 4.79 Å². The van der Waals surface area contributed by atoms with E-state index in [9.17, 15) is 14.4 Å². The first-order chi connectivity index (χ1) is 32.7. The molecule has 4 aliphatic rings. The number of likely N-dealkylation sites (tertiary alicyclic amines) is 1. The lowest BCUT2D eigenvalue weighted by atomic mass is 9.76. The summed E-state index contributed by atoms with van der Waals surface area (Å²) < 4.78 is 8.85. The maximum absolute atomic E-state index is 15.2. The molecule has 8 atom stereocenters. The van der Waals surface area contributed by atoms with Gasteiger partial charge in [0.05, 0.1) is 30.7 Å². The van der Waals surface area contributed by atoms with Gasteiger partial charge in [-0.15, -0.1) is 0 Å². The summed E-state index contributed by atoms with van der Waals surface area (Å²) in [6, 6.07) is 14.9. The predicted octanol–water partition coefficient (Wildman–Crippen LogP) is 7.05. The number of ketones is 1. The second-order valence-corrected chi connectivity index (χ2v) is 20.2. The molecule has 6 N–H and O–H groups in total. The molecule has 2 saturated heterocycles. The van der Waals surface area contributed by atoms with Gasteiger partial charge in [-0.25, -0.2) is 0 Å². The Kier molecular flexibility index (Phi) is 16.9. The van der Waals surface area contributed by atoms with Gasteiger partial charge in [0, 0.05) is 71.9 Å². The average Bonchev–Trinajstić information content (AvgIpc) is 4.22. The van der Waals surface area contributed by atoms with Crippen LogP contribution >= 0.6 is 0 Å². The summed E-state index contributed by atoms with van der Waals surface area (Å²) in [5, 5.41) is 18.5. The van der Waals surface area contributed by atoms with Gasteiger partial charge >= 0.3 is 0 Å². The van der Waals surface area contributed by atoms with Gasteiger partial charge in [0.15, 0.2) is 5.78 Å². The Morgan fingerprint density at radius 1 is 0.716 bits per heavy atom. The van der Waals surface area contributed by atoms with Crippen LogP contribution in [0.5, 0.6) is 0 Å². The summed E-state index contributed by atoms with van der Waals surface area (Å²) in [6.07, 6.45) is 19.2. The fourth-order valence-corrected chi connectivity index (χ4v) is 12.1.